The molecule has 1 aromatic heterocycles. The van der Waals surface area contributed by atoms with Gasteiger partial charge in [-0.15, -0.1) is 11.3 Å². The molecule has 0 aliphatic heterocycles. The third-order valence-corrected chi connectivity index (χ3v) is 4.01. The molecular formula is C12H12ClNS. The molecule has 3 heteroatoms. The molecule has 1 aliphatic rings. The van der Waals surface area contributed by atoms with Crippen LogP contribution in [0, 0.1) is 0 Å². The van der Waals surface area contributed by atoms with Gasteiger partial charge in [0.1, 0.15) is 0 Å². The summed E-state index contributed by atoms with van der Waals surface area (Å²) in [6.45, 7) is 0.992. The number of hydrogen-bond acceptors (Lipinski definition) is 2. The van der Waals surface area contributed by atoms with Crippen molar-refractivity contribution in [1.29, 1.82) is 0 Å². The fourth-order valence-corrected chi connectivity index (χ4v) is 2.97. The van der Waals surface area contributed by atoms with Crippen LogP contribution in [-0.2, 0) is 6.54 Å². The quantitative estimate of drug-likeness (QED) is 0.856. The molecule has 0 atom stereocenters. The Balaban J connectivity index is 1.89. The molecule has 1 heterocycles. The van der Waals surface area contributed by atoms with Crippen LogP contribution in [0.3, 0.4) is 0 Å². The van der Waals surface area contributed by atoms with Crippen molar-refractivity contribution >= 4 is 33.0 Å². The van der Waals surface area contributed by atoms with Crippen LogP contribution in [0.15, 0.2) is 23.6 Å². The molecule has 1 aliphatic carbocycles. The molecule has 0 radical (unpaired) electrons. The van der Waals surface area contributed by atoms with Gasteiger partial charge >= 0.3 is 0 Å². The second-order valence-corrected chi connectivity index (χ2v) is 5.40. The minimum Gasteiger partial charge on any atom is -0.310 e. The minimum absolute atomic E-state index is 0.771. The van der Waals surface area contributed by atoms with Gasteiger partial charge < -0.3 is 5.32 Å². The smallest absolute Gasteiger partial charge is 0.0420 e. The van der Waals surface area contributed by atoms with Crippen LogP contribution in [0.1, 0.15) is 18.4 Å². The van der Waals surface area contributed by atoms with Crippen molar-refractivity contribution in [2.24, 2.45) is 0 Å². The van der Waals surface area contributed by atoms with E-state index < -0.39 is 0 Å². The van der Waals surface area contributed by atoms with E-state index in [0.29, 0.717) is 0 Å². The summed E-state index contributed by atoms with van der Waals surface area (Å²) in [5.74, 6) is 0. The van der Waals surface area contributed by atoms with E-state index in [4.69, 9.17) is 11.6 Å². The SMILES string of the molecule is Clc1ccc2c(CNC3CC3)csc2c1. The van der Waals surface area contributed by atoms with E-state index >= 15 is 0 Å². The second kappa shape index (κ2) is 3.78. The number of nitrogens with one attached hydrogen (secondary N) is 1. The van der Waals surface area contributed by atoms with Gasteiger partial charge in [-0.05, 0) is 41.3 Å². The van der Waals surface area contributed by atoms with Crippen molar-refractivity contribution in [3.8, 4) is 0 Å². The Labute approximate surface area is 98.1 Å². The molecule has 1 N–H and O–H groups in total. The zero-order valence-electron chi connectivity index (χ0n) is 8.29. The predicted molar refractivity (Wildman–Crippen MR) is 66.7 cm³/mol. The van der Waals surface area contributed by atoms with Crippen LogP contribution in [0.2, 0.25) is 5.02 Å². The molecule has 0 spiro atoms. The van der Waals surface area contributed by atoms with Crippen LogP contribution >= 0.6 is 22.9 Å². The summed E-state index contributed by atoms with van der Waals surface area (Å²) < 4.78 is 1.29. The summed E-state index contributed by atoms with van der Waals surface area (Å²) in [6, 6.07) is 6.91. The lowest BCUT2D eigenvalue weighted by molar-refractivity contribution is 0.692. The molecule has 1 nitrogen and oxygen atoms in total. The Morgan fingerprint density at radius 2 is 2.27 bits per heavy atom. The molecule has 0 unspecified atom stereocenters. The van der Waals surface area contributed by atoms with Gasteiger partial charge in [0.25, 0.3) is 0 Å². The summed E-state index contributed by atoms with van der Waals surface area (Å²) in [5.41, 5.74) is 1.40. The fourth-order valence-electron chi connectivity index (χ4n) is 1.74. The first-order chi connectivity index (χ1) is 7.33. The minimum atomic E-state index is 0.771. The summed E-state index contributed by atoms with van der Waals surface area (Å²) >= 11 is 7.73. The lowest BCUT2D eigenvalue weighted by Crippen LogP contribution is -2.14. The van der Waals surface area contributed by atoms with Crippen molar-refractivity contribution in [2.75, 3.05) is 0 Å². The highest BCUT2D eigenvalue weighted by Gasteiger charge is 2.20. The molecule has 15 heavy (non-hydrogen) atoms. The number of hydrogen-bond donors (Lipinski definition) is 1. The fraction of sp³-hybridized carbons (Fsp3) is 0.333. The molecule has 78 valence electrons. The maximum atomic E-state index is 5.96. The van der Waals surface area contributed by atoms with Crippen molar-refractivity contribution in [1.82, 2.24) is 5.32 Å². The number of rotatable bonds is 3. The first-order valence-corrected chi connectivity index (χ1v) is 6.48. The molecular weight excluding hydrogens is 226 g/mol. The lowest BCUT2D eigenvalue weighted by atomic mass is 10.2. The molecule has 3 rings (SSSR count). The number of fused-ring (bicyclic) bond motifs is 1. The summed E-state index contributed by atoms with van der Waals surface area (Å²) in [7, 11) is 0. The standard InChI is InChI=1S/C12H12ClNS/c13-9-1-4-11-8(6-14-10-2-3-10)7-15-12(11)5-9/h1,4-5,7,10,14H,2-3,6H2. The zero-order chi connectivity index (χ0) is 10.3. The molecule has 0 saturated heterocycles. The Kier molecular flexibility index (Phi) is 2.43. The Hall–Kier alpha value is -0.570. The van der Waals surface area contributed by atoms with Gasteiger partial charge in [0.05, 0.1) is 0 Å². The highest BCUT2D eigenvalue weighted by atomic mass is 35.5. The van der Waals surface area contributed by atoms with Gasteiger partial charge in [-0.2, -0.15) is 0 Å². The average molecular weight is 238 g/mol. The molecule has 1 saturated carbocycles. The lowest BCUT2D eigenvalue weighted by Gasteiger charge is -2.01. The third kappa shape index (κ3) is 2.03. The zero-order valence-corrected chi connectivity index (χ0v) is 9.87. The van der Waals surface area contributed by atoms with E-state index in [9.17, 15) is 0 Å². The molecule has 0 bridgehead atoms. The van der Waals surface area contributed by atoms with Crippen LogP contribution in [0.4, 0.5) is 0 Å². The topological polar surface area (TPSA) is 12.0 Å². The first kappa shape index (κ1) is 9.64. The summed E-state index contributed by atoms with van der Waals surface area (Å²) in [4.78, 5) is 0. The Morgan fingerprint density at radius 1 is 1.40 bits per heavy atom. The highest BCUT2D eigenvalue weighted by Crippen LogP contribution is 2.29. The Bertz CT molecular complexity index is 487. The molecule has 1 fully saturated rings. The molecule has 2 aromatic rings. The second-order valence-electron chi connectivity index (χ2n) is 4.06. The molecule has 0 amide bonds. The van der Waals surface area contributed by atoms with Crippen LogP contribution in [-0.4, -0.2) is 6.04 Å². The van der Waals surface area contributed by atoms with Crippen LogP contribution < -0.4 is 5.32 Å². The van der Waals surface area contributed by atoms with Crippen LogP contribution in [0.25, 0.3) is 10.1 Å². The summed E-state index contributed by atoms with van der Waals surface area (Å²) in [5, 5.41) is 7.94. The Morgan fingerprint density at radius 3 is 3.07 bits per heavy atom. The molecule has 1 aromatic carbocycles. The van der Waals surface area contributed by atoms with E-state index in [1.165, 1.54) is 28.5 Å². The van der Waals surface area contributed by atoms with Crippen molar-refractivity contribution in [3.05, 3.63) is 34.2 Å². The van der Waals surface area contributed by atoms with Crippen molar-refractivity contribution in [2.45, 2.75) is 25.4 Å². The van der Waals surface area contributed by atoms with E-state index in [1.807, 2.05) is 12.1 Å². The van der Waals surface area contributed by atoms with Crippen molar-refractivity contribution < 1.29 is 0 Å². The largest absolute Gasteiger partial charge is 0.310 e. The van der Waals surface area contributed by atoms with E-state index in [2.05, 4.69) is 16.8 Å². The normalized spacial score (nSPS) is 16.1. The van der Waals surface area contributed by atoms with Gasteiger partial charge in [-0.1, -0.05) is 17.7 Å². The van der Waals surface area contributed by atoms with Gasteiger partial charge in [-0.3, -0.25) is 0 Å². The third-order valence-electron chi connectivity index (χ3n) is 2.78. The maximum Gasteiger partial charge on any atom is 0.0420 e. The van der Waals surface area contributed by atoms with E-state index in [-0.39, 0.29) is 0 Å². The van der Waals surface area contributed by atoms with Gasteiger partial charge in [0.2, 0.25) is 0 Å². The monoisotopic (exact) mass is 237 g/mol. The van der Waals surface area contributed by atoms with E-state index in [1.54, 1.807) is 11.3 Å². The maximum absolute atomic E-state index is 5.96. The predicted octanol–water partition coefficient (Wildman–Crippen LogP) is 3.81. The van der Waals surface area contributed by atoms with Gasteiger partial charge in [-0.25, -0.2) is 0 Å². The van der Waals surface area contributed by atoms with Gasteiger partial charge in [0.15, 0.2) is 0 Å². The number of halogens is 1. The first-order valence-electron chi connectivity index (χ1n) is 5.22. The summed E-state index contributed by atoms with van der Waals surface area (Å²) in [6.07, 6.45) is 2.68. The highest BCUT2D eigenvalue weighted by molar-refractivity contribution is 7.17. The van der Waals surface area contributed by atoms with Crippen LogP contribution in [0.5, 0.6) is 0 Å². The average Bonchev–Trinajstić information content (AvgIpc) is 2.97. The van der Waals surface area contributed by atoms with Crippen molar-refractivity contribution in [3.63, 3.8) is 0 Å². The number of benzene rings is 1. The number of thiophene rings is 1. The van der Waals surface area contributed by atoms with Gasteiger partial charge in [0, 0.05) is 22.3 Å². The van der Waals surface area contributed by atoms with E-state index in [0.717, 1.165) is 17.6 Å².